The van der Waals surface area contributed by atoms with E-state index in [-0.39, 0.29) is 15.4 Å². The minimum atomic E-state index is -3.82. The number of thioether (sulfide) groups is 1. The first-order chi connectivity index (χ1) is 13.6. The van der Waals surface area contributed by atoms with Gasteiger partial charge in [0.25, 0.3) is 0 Å². The predicted octanol–water partition coefficient (Wildman–Crippen LogP) is 3.35. The normalized spacial score (nSPS) is 11.6. The maximum atomic E-state index is 13.4. The minimum absolute atomic E-state index is 0.0698. The average Bonchev–Trinajstić information content (AvgIpc) is 3.13. The van der Waals surface area contributed by atoms with Crippen LogP contribution in [0.2, 0.25) is 0 Å². The lowest BCUT2D eigenvalue weighted by molar-refractivity contribution is 0.384. The maximum absolute atomic E-state index is 13.4. The largest absolute Gasteiger partial charge is 0.481 e. The Kier molecular flexibility index (Phi) is 4.78. The van der Waals surface area contributed by atoms with Crippen molar-refractivity contribution in [1.29, 1.82) is 0 Å². The molecule has 3 heterocycles. The summed E-state index contributed by atoms with van der Waals surface area (Å²) in [6.45, 7) is 0. The molecule has 142 valence electrons. The van der Waals surface area contributed by atoms with Gasteiger partial charge in [0.2, 0.25) is 15.7 Å². The number of methoxy groups -OCH3 is 1. The quantitative estimate of drug-likeness (QED) is 0.465. The van der Waals surface area contributed by atoms with E-state index in [4.69, 9.17) is 4.74 Å². The topological polar surface area (TPSA) is 86.5 Å². The molecule has 1 aromatic carbocycles. The smallest absolute Gasteiger partial charge is 0.218 e. The average molecular weight is 412 g/mol. The number of hydrogen-bond acceptors (Lipinski definition) is 7. The summed E-state index contributed by atoms with van der Waals surface area (Å²) in [7, 11) is -2.31. The molecule has 0 N–H and O–H groups in total. The fourth-order valence-electron chi connectivity index (χ4n) is 2.85. The van der Waals surface area contributed by atoms with Crippen molar-refractivity contribution in [2.75, 3.05) is 13.4 Å². The number of nitrogens with zero attached hydrogens (tertiary/aromatic N) is 4. The van der Waals surface area contributed by atoms with E-state index in [0.29, 0.717) is 16.6 Å². The summed E-state index contributed by atoms with van der Waals surface area (Å²) < 4.78 is 33.6. The van der Waals surface area contributed by atoms with Gasteiger partial charge in [0.15, 0.2) is 10.5 Å². The lowest BCUT2D eigenvalue weighted by Gasteiger charge is -2.08. The van der Waals surface area contributed by atoms with Crippen LogP contribution in [0.15, 0.2) is 75.7 Å². The van der Waals surface area contributed by atoms with E-state index < -0.39 is 9.84 Å². The second-order valence-corrected chi connectivity index (χ2v) is 8.49. The molecule has 0 unspecified atom stereocenters. The van der Waals surface area contributed by atoms with E-state index in [0.717, 1.165) is 5.56 Å². The molecule has 0 radical (unpaired) electrons. The number of hydrogen-bond donors (Lipinski definition) is 0. The van der Waals surface area contributed by atoms with Gasteiger partial charge in [-0.2, -0.15) is 9.61 Å². The summed E-state index contributed by atoms with van der Waals surface area (Å²) >= 11 is 1.25. The van der Waals surface area contributed by atoms with Crippen LogP contribution in [0.5, 0.6) is 5.88 Å². The van der Waals surface area contributed by atoms with Crippen molar-refractivity contribution in [2.24, 2.45) is 0 Å². The Morgan fingerprint density at radius 1 is 1.07 bits per heavy atom. The number of sulfone groups is 1. The maximum Gasteiger partial charge on any atom is 0.218 e. The van der Waals surface area contributed by atoms with E-state index in [2.05, 4.69) is 15.1 Å². The fourth-order valence-corrected chi connectivity index (χ4v) is 5.27. The Labute approximate surface area is 166 Å². The van der Waals surface area contributed by atoms with E-state index >= 15 is 0 Å². The lowest BCUT2D eigenvalue weighted by atomic mass is 10.2. The SMILES string of the molecule is COc1cc(-c2ccncc2)nc2c(S(=O)(=O)c3ccccc3)c(SC)nn12. The summed E-state index contributed by atoms with van der Waals surface area (Å²) in [6, 6.07) is 13.6. The Bertz CT molecular complexity index is 1240. The molecule has 7 nitrogen and oxygen atoms in total. The third-order valence-corrected chi connectivity index (χ3v) is 6.79. The van der Waals surface area contributed by atoms with Gasteiger partial charge in [-0.05, 0) is 30.5 Å². The van der Waals surface area contributed by atoms with E-state index in [1.165, 1.54) is 23.4 Å². The molecular weight excluding hydrogens is 396 g/mol. The van der Waals surface area contributed by atoms with Gasteiger partial charge in [0.05, 0.1) is 17.7 Å². The molecule has 0 bridgehead atoms. The first-order valence-corrected chi connectivity index (χ1v) is 11.0. The highest BCUT2D eigenvalue weighted by atomic mass is 32.2. The van der Waals surface area contributed by atoms with Gasteiger partial charge in [-0.25, -0.2) is 13.4 Å². The van der Waals surface area contributed by atoms with Crippen LogP contribution in [0.3, 0.4) is 0 Å². The van der Waals surface area contributed by atoms with Crippen molar-refractivity contribution >= 4 is 27.2 Å². The highest BCUT2D eigenvalue weighted by Gasteiger charge is 2.29. The zero-order valence-electron chi connectivity index (χ0n) is 15.1. The molecule has 0 saturated carbocycles. The minimum Gasteiger partial charge on any atom is -0.481 e. The first kappa shape index (κ1) is 18.5. The molecule has 0 aliphatic heterocycles. The van der Waals surface area contributed by atoms with E-state index in [1.54, 1.807) is 67.2 Å². The molecule has 4 rings (SSSR count). The summed E-state index contributed by atoms with van der Waals surface area (Å²) in [5.41, 5.74) is 1.59. The molecule has 0 amide bonds. The van der Waals surface area contributed by atoms with Crippen LogP contribution in [0.1, 0.15) is 0 Å². The van der Waals surface area contributed by atoms with Crippen molar-refractivity contribution in [3.8, 4) is 17.1 Å². The van der Waals surface area contributed by atoms with Gasteiger partial charge in [-0.3, -0.25) is 4.98 Å². The number of pyridine rings is 1. The Balaban J connectivity index is 2.06. The number of ether oxygens (including phenoxy) is 1. The van der Waals surface area contributed by atoms with Crippen molar-refractivity contribution in [1.82, 2.24) is 19.6 Å². The Hall–Kier alpha value is -2.91. The molecule has 28 heavy (non-hydrogen) atoms. The van der Waals surface area contributed by atoms with Gasteiger partial charge in [0, 0.05) is 24.0 Å². The Morgan fingerprint density at radius 2 is 1.79 bits per heavy atom. The first-order valence-electron chi connectivity index (χ1n) is 8.28. The highest BCUT2D eigenvalue weighted by molar-refractivity contribution is 7.99. The van der Waals surface area contributed by atoms with Crippen molar-refractivity contribution in [3.05, 3.63) is 60.9 Å². The monoisotopic (exact) mass is 412 g/mol. The van der Waals surface area contributed by atoms with Crippen LogP contribution in [0.25, 0.3) is 16.9 Å². The lowest BCUT2D eigenvalue weighted by Crippen LogP contribution is -2.05. The van der Waals surface area contributed by atoms with Crippen LogP contribution < -0.4 is 4.74 Å². The van der Waals surface area contributed by atoms with Crippen molar-refractivity contribution in [2.45, 2.75) is 14.8 Å². The third-order valence-electron chi connectivity index (χ3n) is 4.18. The van der Waals surface area contributed by atoms with Gasteiger partial charge in [0.1, 0.15) is 5.03 Å². The Morgan fingerprint density at radius 3 is 2.43 bits per heavy atom. The summed E-state index contributed by atoms with van der Waals surface area (Å²) in [4.78, 5) is 8.89. The molecular formula is C19H16N4O3S2. The van der Waals surface area contributed by atoms with E-state index in [9.17, 15) is 8.42 Å². The van der Waals surface area contributed by atoms with Crippen LogP contribution in [0.4, 0.5) is 0 Å². The zero-order valence-corrected chi connectivity index (χ0v) is 16.7. The molecule has 3 aromatic heterocycles. The second kappa shape index (κ2) is 7.25. The summed E-state index contributed by atoms with van der Waals surface area (Å²) in [6.07, 6.45) is 5.08. The molecule has 0 fully saturated rings. The number of benzene rings is 1. The molecule has 0 aliphatic rings. The van der Waals surface area contributed by atoms with Gasteiger partial charge >= 0.3 is 0 Å². The molecule has 0 aliphatic carbocycles. The molecule has 4 aromatic rings. The molecule has 0 saturated heterocycles. The standard InChI is InChI=1S/C19H16N4O3S2/c1-26-16-12-15(13-8-10-20-11-9-13)21-18-17(19(27-2)22-23(16)18)28(24,25)14-6-4-3-5-7-14/h3-12H,1-2H3. The number of fused-ring (bicyclic) bond motifs is 1. The van der Waals surface area contributed by atoms with Gasteiger partial charge in [-0.1, -0.05) is 18.2 Å². The van der Waals surface area contributed by atoms with Gasteiger partial charge < -0.3 is 4.74 Å². The van der Waals surface area contributed by atoms with Crippen molar-refractivity contribution in [3.63, 3.8) is 0 Å². The third kappa shape index (κ3) is 3.02. The molecule has 0 atom stereocenters. The van der Waals surface area contributed by atoms with Crippen LogP contribution >= 0.6 is 11.8 Å². The van der Waals surface area contributed by atoms with Crippen LogP contribution in [-0.4, -0.2) is 41.4 Å². The predicted molar refractivity (Wildman–Crippen MR) is 106 cm³/mol. The van der Waals surface area contributed by atoms with Crippen LogP contribution in [-0.2, 0) is 9.84 Å². The highest BCUT2D eigenvalue weighted by Crippen LogP contribution is 2.35. The molecule has 9 heteroatoms. The van der Waals surface area contributed by atoms with Crippen molar-refractivity contribution < 1.29 is 13.2 Å². The fraction of sp³-hybridized carbons (Fsp3) is 0.105. The van der Waals surface area contributed by atoms with Crippen LogP contribution in [0, 0.1) is 0 Å². The molecule has 0 spiro atoms. The number of aromatic nitrogens is 4. The summed E-state index contributed by atoms with van der Waals surface area (Å²) in [5, 5.41) is 4.79. The zero-order chi connectivity index (χ0) is 19.7. The van der Waals surface area contributed by atoms with E-state index in [1.807, 2.05) is 0 Å². The summed E-state index contributed by atoms with van der Waals surface area (Å²) in [5.74, 6) is 0.390. The second-order valence-electron chi connectivity index (χ2n) is 5.81. The van der Waals surface area contributed by atoms with Gasteiger partial charge in [-0.15, -0.1) is 11.8 Å². The number of rotatable bonds is 5.